The van der Waals surface area contributed by atoms with Gasteiger partial charge in [0.25, 0.3) is 5.91 Å². The number of hydrogen-bond donors (Lipinski definition) is 1. The molecule has 0 heterocycles. The molecule has 0 saturated carbocycles. The zero-order valence-electron chi connectivity index (χ0n) is 14.0. The lowest BCUT2D eigenvalue weighted by Gasteiger charge is -2.09. The summed E-state index contributed by atoms with van der Waals surface area (Å²) in [6.07, 6.45) is 0. The van der Waals surface area contributed by atoms with Gasteiger partial charge in [0.2, 0.25) is 5.78 Å². The molecule has 6 heteroatoms. The number of Topliss-reactive ketones (excluding diaryl/α,β-unsaturated/α-hetero) is 1. The third-order valence-corrected chi connectivity index (χ3v) is 4.26. The SMILES string of the molecule is Cc1ccc(C)c(C(=O)COC(=O)CNC(=O)c2ccccc2Br)c1. The number of benzene rings is 2. The Hall–Kier alpha value is -2.47. The number of halogens is 1. The van der Waals surface area contributed by atoms with Crippen LogP contribution in [0.5, 0.6) is 0 Å². The van der Waals surface area contributed by atoms with Crippen LogP contribution in [0.15, 0.2) is 46.9 Å². The average Bonchev–Trinajstić information content (AvgIpc) is 2.60. The first-order chi connectivity index (χ1) is 11.9. The summed E-state index contributed by atoms with van der Waals surface area (Å²) in [6, 6.07) is 12.4. The Labute approximate surface area is 154 Å². The van der Waals surface area contributed by atoms with E-state index >= 15 is 0 Å². The van der Waals surface area contributed by atoms with Gasteiger partial charge in [-0.15, -0.1) is 0 Å². The smallest absolute Gasteiger partial charge is 0.325 e. The van der Waals surface area contributed by atoms with Crippen molar-refractivity contribution in [3.05, 3.63) is 69.2 Å². The van der Waals surface area contributed by atoms with E-state index in [0.717, 1.165) is 11.1 Å². The van der Waals surface area contributed by atoms with Crippen molar-refractivity contribution in [1.82, 2.24) is 5.32 Å². The average molecular weight is 404 g/mol. The molecule has 0 aliphatic rings. The fourth-order valence-corrected chi connectivity index (χ4v) is 2.67. The van der Waals surface area contributed by atoms with Crippen LogP contribution in [0.1, 0.15) is 31.8 Å². The maximum Gasteiger partial charge on any atom is 0.325 e. The molecule has 130 valence electrons. The number of esters is 1. The van der Waals surface area contributed by atoms with Gasteiger partial charge < -0.3 is 10.1 Å². The van der Waals surface area contributed by atoms with Crippen molar-refractivity contribution in [2.45, 2.75) is 13.8 Å². The molecule has 5 nitrogen and oxygen atoms in total. The van der Waals surface area contributed by atoms with Crippen molar-refractivity contribution in [2.24, 2.45) is 0 Å². The largest absolute Gasteiger partial charge is 0.456 e. The number of nitrogens with one attached hydrogen (secondary N) is 1. The zero-order chi connectivity index (χ0) is 18.4. The van der Waals surface area contributed by atoms with Crippen LogP contribution in [0.4, 0.5) is 0 Å². The summed E-state index contributed by atoms with van der Waals surface area (Å²) in [4.78, 5) is 35.9. The molecule has 0 spiro atoms. The van der Waals surface area contributed by atoms with Crippen molar-refractivity contribution in [3.63, 3.8) is 0 Å². The minimum absolute atomic E-state index is 0.272. The lowest BCUT2D eigenvalue weighted by atomic mass is 10.0. The predicted octanol–water partition coefficient (Wildman–Crippen LogP) is 3.22. The Morgan fingerprint density at radius 2 is 1.76 bits per heavy atom. The van der Waals surface area contributed by atoms with E-state index in [0.29, 0.717) is 15.6 Å². The van der Waals surface area contributed by atoms with Gasteiger partial charge >= 0.3 is 5.97 Å². The van der Waals surface area contributed by atoms with Crippen LogP contribution in [0.3, 0.4) is 0 Å². The van der Waals surface area contributed by atoms with E-state index in [1.165, 1.54) is 0 Å². The van der Waals surface area contributed by atoms with Gasteiger partial charge in [-0.3, -0.25) is 14.4 Å². The Bertz CT molecular complexity index is 817. The molecule has 0 unspecified atom stereocenters. The topological polar surface area (TPSA) is 72.5 Å². The lowest BCUT2D eigenvalue weighted by molar-refractivity contribution is -0.141. The van der Waals surface area contributed by atoms with Crippen LogP contribution >= 0.6 is 15.9 Å². The third-order valence-electron chi connectivity index (χ3n) is 3.57. The van der Waals surface area contributed by atoms with Crippen LogP contribution in [0.2, 0.25) is 0 Å². The van der Waals surface area contributed by atoms with Crippen molar-refractivity contribution >= 4 is 33.6 Å². The first-order valence-corrected chi connectivity index (χ1v) is 8.46. The third kappa shape index (κ3) is 5.26. The molecule has 1 amide bonds. The number of carbonyl (C=O) groups is 3. The van der Waals surface area contributed by atoms with Crippen LogP contribution in [-0.4, -0.2) is 30.8 Å². The number of hydrogen-bond acceptors (Lipinski definition) is 4. The van der Waals surface area contributed by atoms with E-state index in [1.807, 2.05) is 26.0 Å². The molecule has 0 aliphatic carbocycles. The van der Waals surface area contributed by atoms with Gasteiger partial charge in [0.05, 0.1) is 5.56 Å². The monoisotopic (exact) mass is 403 g/mol. The summed E-state index contributed by atoms with van der Waals surface area (Å²) in [6.45, 7) is 3.06. The van der Waals surface area contributed by atoms with E-state index in [-0.39, 0.29) is 18.9 Å². The fourth-order valence-electron chi connectivity index (χ4n) is 2.20. The molecule has 0 aliphatic heterocycles. The normalized spacial score (nSPS) is 10.2. The molecule has 0 radical (unpaired) electrons. The molecule has 0 saturated heterocycles. The lowest BCUT2D eigenvalue weighted by Crippen LogP contribution is -2.31. The van der Waals surface area contributed by atoms with Crippen molar-refractivity contribution in [2.75, 3.05) is 13.2 Å². The number of ether oxygens (including phenoxy) is 1. The molecule has 25 heavy (non-hydrogen) atoms. The molecule has 0 fully saturated rings. The Balaban J connectivity index is 1.85. The zero-order valence-corrected chi connectivity index (χ0v) is 15.6. The summed E-state index contributed by atoms with van der Waals surface area (Å²) < 4.78 is 5.59. The summed E-state index contributed by atoms with van der Waals surface area (Å²) in [5, 5.41) is 2.47. The fraction of sp³-hybridized carbons (Fsp3) is 0.211. The van der Waals surface area contributed by atoms with Gasteiger partial charge in [0, 0.05) is 10.0 Å². The number of rotatable bonds is 6. The van der Waals surface area contributed by atoms with E-state index in [1.54, 1.807) is 30.3 Å². The highest BCUT2D eigenvalue weighted by atomic mass is 79.9. The first-order valence-electron chi connectivity index (χ1n) is 7.67. The van der Waals surface area contributed by atoms with Crippen molar-refractivity contribution in [1.29, 1.82) is 0 Å². The van der Waals surface area contributed by atoms with Gasteiger partial charge in [-0.05, 0) is 53.5 Å². The van der Waals surface area contributed by atoms with E-state index in [4.69, 9.17) is 4.74 Å². The number of carbonyl (C=O) groups excluding carboxylic acids is 3. The van der Waals surface area contributed by atoms with Crippen LogP contribution < -0.4 is 5.32 Å². The molecular formula is C19H18BrNO4. The molecule has 0 bridgehead atoms. The van der Waals surface area contributed by atoms with Gasteiger partial charge in [0.1, 0.15) is 6.54 Å². The Kier molecular flexibility index (Phi) is 6.47. The van der Waals surface area contributed by atoms with E-state index in [9.17, 15) is 14.4 Å². The number of aryl methyl sites for hydroxylation is 2. The molecule has 2 aromatic carbocycles. The summed E-state index contributed by atoms with van der Waals surface area (Å²) >= 11 is 3.27. The highest BCUT2D eigenvalue weighted by molar-refractivity contribution is 9.10. The van der Waals surface area contributed by atoms with Crippen LogP contribution in [0.25, 0.3) is 0 Å². The van der Waals surface area contributed by atoms with Crippen LogP contribution in [-0.2, 0) is 9.53 Å². The first kappa shape index (κ1) is 18.9. The Morgan fingerprint density at radius 1 is 1.04 bits per heavy atom. The highest BCUT2D eigenvalue weighted by Gasteiger charge is 2.14. The minimum Gasteiger partial charge on any atom is -0.456 e. The number of amides is 1. The van der Waals surface area contributed by atoms with Crippen molar-refractivity contribution < 1.29 is 19.1 Å². The Morgan fingerprint density at radius 3 is 2.48 bits per heavy atom. The van der Waals surface area contributed by atoms with E-state index in [2.05, 4.69) is 21.2 Å². The second-order valence-electron chi connectivity index (χ2n) is 5.56. The number of ketones is 1. The second-order valence-corrected chi connectivity index (χ2v) is 6.42. The maximum absolute atomic E-state index is 12.2. The van der Waals surface area contributed by atoms with Gasteiger partial charge in [0.15, 0.2) is 6.61 Å². The molecule has 2 rings (SSSR count). The summed E-state index contributed by atoms with van der Waals surface area (Å²) in [5.41, 5.74) is 2.74. The molecular weight excluding hydrogens is 386 g/mol. The van der Waals surface area contributed by atoms with Crippen LogP contribution in [0, 0.1) is 13.8 Å². The van der Waals surface area contributed by atoms with Gasteiger partial charge in [-0.2, -0.15) is 0 Å². The van der Waals surface area contributed by atoms with Gasteiger partial charge in [-0.1, -0.05) is 29.8 Å². The second kappa shape index (κ2) is 8.58. The molecule has 0 atom stereocenters. The van der Waals surface area contributed by atoms with E-state index < -0.39 is 11.9 Å². The quantitative estimate of drug-likeness (QED) is 0.593. The molecule has 2 aromatic rings. The molecule has 0 aromatic heterocycles. The summed E-state index contributed by atoms with van der Waals surface area (Å²) in [5.74, 6) is -1.34. The standard InChI is InChI=1S/C19H18BrNO4/c1-12-7-8-13(2)15(9-12)17(22)11-25-18(23)10-21-19(24)14-5-3-4-6-16(14)20/h3-9H,10-11H2,1-2H3,(H,21,24). The van der Waals surface area contributed by atoms with Crippen molar-refractivity contribution in [3.8, 4) is 0 Å². The summed E-state index contributed by atoms with van der Waals surface area (Å²) in [7, 11) is 0. The highest BCUT2D eigenvalue weighted by Crippen LogP contribution is 2.15. The van der Waals surface area contributed by atoms with Gasteiger partial charge in [-0.25, -0.2) is 0 Å². The molecule has 1 N–H and O–H groups in total. The predicted molar refractivity (Wildman–Crippen MR) is 97.7 cm³/mol. The minimum atomic E-state index is -0.668. The maximum atomic E-state index is 12.2.